The second-order valence-corrected chi connectivity index (χ2v) is 5.32. The van der Waals surface area contributed by atoms with E-state index in [9.17, 15) is 0 Å². The van der Waals surface area contributed by atoms with Crippen molar-refractivity contribution in [2.45, 2.75) is 18.9 Å². The van der Waals surface area contributed by atoms with Gasteiger partial charge in [-0.05, 0) is 32.3 Å². The van der Waals surface area contributed by atoms with E-state index in [4.69, 9.17) is 0 Å². The lowest BCUT2D eigenvalue weighted by Crippen LogP contribution is -2.63. The van der Waals surface area contributed by atoms with Gasteiger partial charge < -0.3 is 4.90 Å². The summed E-state index contributed by atoms with van der Waals surface area (Å²) in [4.78, 5) is 2.31. The van der Waals surface area contributed by atoms with Crippen LogP contribution in [0.15, 0.2) is 12.8 Å². The van der Waals surface area contributed by atoms with Gasteiger partial charge in [0.1, 0.15) is 0 Å². The third-order valence-corrected chi connectivity index (χ3v) is 4.35. The molecule has 1 aliphatic heterocycles. The molecule has 1 aliphatic carbocycles. The van der Waals surface area contributed by atoms with Gasteiger partial charge in [-0.1, -0.05) is 18.5 Å². The Bertz CT molecular complexity index is 203. The van der Waals surface area contributed by atoms with Crippen LogP contribution in [0.25, 0.3) is 0 Å². The highest BCUT2D eigenvalue weighted by atomic mass is 32.2. The molecule has 0 aromatic rings. The summed E-state index contributed by atoms with van der Waals surface area (Å²) in [6, 6.07) is 0.821. The molecule has 2 aliphatic rings. The molecule has 2 rings (SSSR count). The van der Waals surface area contributed by atoms with Crippen LogP contribution in [0.3, 0.4) is 0 Å². The molecule has 2 fully saturated rings. The molecule has 3 heteroatoms. The summed E-state index contributed by atoms with van der Waals surface area (Å²) >= 11 is 1.85. The maximum Gasteiger partial charge on any atom is 0.0247 e. The minimum Gasteiger partial charge on any atom is -0.377 e. The number of likely N-dealkylation sites (tertiary alicyclic amines) is 1. The molecule has 1 spiro atoms. The highest BCUT2D eigenvalue weighted by Crippen LogP contribution is 2.50. The molecule has 0 atom stereocenters. The van der Waals surface area contributed by atoms with Gasteiger partial charge in [0, 0.05) is 24.5 Å². The first-order valence-corrected chi connectivity index (χ1v) is 6.01. The number of nitrogens with zero attached hydrogens (tertiary/aromatic N) is 2. The largest absolute Gasteiger partial charge is 0.377 e. The van der Waals surface area contributed by atoms with Gasteiger partial charge in [-0.2, -0.15) is 0 Å². The zero-order valence-corrected chi connectivity index (χ0v) is 9.31. The van der Waals surface area contributed by atoms with Crippen LogP contribution in [0, 0.1) is 5.41 Å². The Morgan fingerprint density at radius 1 is 1.54 bits per heavy atom. The average Bonchev–Trinajstić information content (AvgIpc) is 1.99. The van der Waals surface area contributed by atoms with Gasteiger partial charge in [-0.15, -0.1) is 0 Å². The third kappa shape index (κ3) is 1.48. The predicted molar refractivity (Wildman–Crippen MR) is 58.5 cm³/mol. The summed E-state index contributed by atoms with van der Waals surface area (Å²) < 4.78 is 2.39. The van der Waals surface area contributed by atoms with Crippen LogP contribution in [0.4, 0.5) is 0 Å². The van der Waals surface area contributed by atoms with Crippen molar-refractivity contribution in [3.8, 4) is 0 Å². The van der Waals surface area contributed by atoms with Crippen LogP contribution in [-0.2, 0) is 0 Å². The number of hydrogen-bond donors (Lipinski definition) is 0. The van der Waals surface area contributed by atoms with Crippen LogP contribution in [0.5, 0.6) is 0 Å². The van der Waals surface area contributed by atoms with Crippen molar-refractivity contribution in [2.75, 3.05) is 26.4 Å². The van der Waals surface area contributed by atoms with Gasteiger partial charge in [-0.3, -0.25) is 4.31 Å². The van der Waals surface area contributed by atoms with E-state index < -0.39 is 0 Å². The summed E-state index contributed by atoms with van der Waals surface area (Å²) in [5, 5.41) is 0. The zero-order chi connectivity index (χ0) is 9.47. The van der Waals surface area contributed by atoms with Crippen molar-refractivity contribution >= 4 is 11.9 Å². The fourth-order valence-corrected chi connectivity index (χ4v) is 3.00. The zero-order valence-electron chi connectivity index (χ0n) is 8.49. The quantitative estimate of drug-likeness (QED) is 0.639. The van der Waals surface area contributed by atoms with E-state index in [0.29, 0.717) is 5.41 Å². The molecule has 0 radical (unpaired) electrons. The lowest BCUT2D eigenvalue weighted by Gasteiger charge is -2.60. The van der Waals surface area contributed by atoms with Crippen molar-refractivity contribution in [1.29, 1.82) is 0 Å². The topological polar surface area (TPSA) is 6.48 Å². The Morgan fingerprint density at radius 3 is 2.62 bits per heavy atom. The summed E-state index contributed by atoms with van der Waals surface area (Å²) in [7, 11) is 2.20. The second kappa shape index (κ2) is 3.21. The lowest BCUT2D eigenvalue weighted by atomic mass is 9.61. The fourth-order valence-electron chi connectivity index (χ4n) is 2.55. The summed E-state index contributed by atoms with van der Waals surface area (Å²) in [6.45, 7) is 6.28. The molecule has 0 N–H and O–H groups in total. The van der Waals surface area contributed by atoms with Crippen LogP contribution >= 0.6 is 11.9 Å². The highest BCUT2D eigenvalue weighted by molar-refractivity contribution is 7.96. The van der Waals surface area contributed by atoms with E-state index >= 15 is 0 Å². The van der Waals surface area contributed by atoms with Crippen molar-refractivity contribution < 1.29 is 0 Å². The first-order valence-electron chi connectivity index (χ1n) is 4.83. The Hall–Kier alpha value is -0.150. The number of hydrogen-bond acceptors (Lipinski definition) is 3. The van der Waals surface area contributed by atoms with Gasteiger partial charge in [0.25, 0.3) is 0 Å². The molecule has 2 nitrogen and oxygen atoms in total. The summed E-state index contributed by atoms with van der Waals surface area (Å²) in [5.41, 5.74) is 0.669. The minimum atomic E-state index is 0.669. The molecule has 74 valence electrons. The first kappa shape index (κ1) is 9.41. The number of rotatable bonds is 3. The Kier molecular flexibility index (Phi) is 2.32. The van der Waals surface area contributed by atoms with Crippen molar-refractivity contribution in [2.24, 2.45) is 5.41 Å². The normalized spacial score (nSPS) is 25.9. The van der Waals surface area contributed by atoms with E-state index in [0.717, 1.165) is 6.04 Å². The molecule has 1 saturated heterocycles. The molecule has 0 amide bonds. The van der Waals surface area contributed by atoms with Crippen LogP contribution in [-0.4, -0.2) is 41.6 Å². The van der Waals surface area contributed by atoms with E-state index in [1.54, 1.807) is 0 Å². The summed E-state index contributed by atoms with van der Waals surface area (Å²) in [5.74, 6) is 0. The average molecular weight is 198 g/mol. The van der Waals surface area contributed by atoms with E-state index in [2.05, 4.69) is 29.1 Å². The van der Waals surface area contributed by atoms with Gasteiger partial charge in [-0.25, -0.2) is 0 Å². The van der Waals surface area contributed by atoms with Gasteiger partial charge in [0.15, 0.2) is 0 Å². The van der Waals surface area contributed by atoms with Crippen LogP contribution in [0.2, 0.25) is 0 Å². The summed E-state index contributed by atoms with van der Waals surface area (Å²) in [6.07, 6.45) is 6.89. The first-order chi connectivity index (χ1) is 6.19. The molecule has 0 bridgehead atoms. The van der Waals surface area contributed by atoms with E-state index in [1.165, 1.54) is 25.9 Å². The van der Waals surface area contributed by atoms with Gasteiger partial charge >= 0.3 is 0 Å². The third-order valence-electron chi connectivity index (χ3n) is 3.47. The Balaban J connectivity index is 1.76. The highest BCUT2D eigenvalue weighted by Gasteiger charge is 2.52. The van der Waals surface area contributed by atoms with Crippen molar-refractivity contribution in [1.82, 2.24) is 9.21 Å². The maximum absolute atomic E-state index is 3.79. The molecule has 1 heterocycles. The smallest absolute Gasteiger partial charge is 0.0247 e. The van der Waals surface area contributed by atoms with E-state index in [1.807, 2.05) is 18.1 Å². The molecular formula is C10H18N2S. The van der Waals surface area contributed by atoms with E-state index in [-0.39, 0.29) is 0 Å². The minimum absolute atomic E-state index is 0.669. The Morgan fingerprint density at radius 2 is 2.15 bits per heavy atom. The molecular weight excluding hydrogens is 180 g/mol. The fraction of sp³-hybridized carbons (Fsp3) is 0.800. The lowest BCUT2D eigenvalue weighted by molar-refractivity contribution is -0.0664. The molecule has 13 heavy (non-hydrogen) atoms. The van der Waals surface area contributed by atoms with Gasteiger partial charge in [0.2, 0.25) is 0 Å². The molecule has 0 aromatic heterocycles. The molecule has 0 unspecified atom stereocenters. The van der Waals surface area contributed by atoms with Gasteiger partial charge in [0.05, 0.1) is 0 Å². The Labute approximate surface area is 85.1 Å². The van der Waals surface area contributed by atoms with Crippen LogP contribution in [0.1, 0.15) is 12.8 Å². The standard InChI is InChI=1S/C10H18N2S/c1-4-12-7-10(8-12)5-9(6-10)11(2)13-3/h4,9H,1,5-8H2,2-3H3. The monoisotopic (exact) mass is 198 g/mol. The SMILES string of the molecule is C=CN1CC2(CC(N(C)SC)C2)C1. The molecule has 1 saturated carbocycles. The van der Waals surface area contributed by atoms with Crippen molar-refractivity contribution in [3.63, 3.8) is 0 Å². The second-order valence-electron chi connectivity index (χ2n) is 4.38. The van der Waals surface area contributed by atoms with Crippen LogP contribution < -0.4 is 0 Å². The maximum atomic E-state index is 3.79. The molecule has 0 aromatic carbocycles. The van der Waals surface area contributed by atoms with Crippen molar-refractivity contribution in [3.05, 3.63) is 12.8 Å². The predicted octanol–water partition coefficient (Wildman–Crippen LogP) is 1.80.